The van der Waals surface area contributed by atoms with Gasteiger partial charge in [0.25, 0.3) is 0 Å². The van der Waals surface area contributed by atoms with Gasteiger partial charge in [0.05, 0.1) is 12.2 Å². The molecular weight excluding hydrogens is 212 g/mol. The number of hydrogen-bond donors (Lipinski definition) is 1. The van der Waals surface area contributed by atoms with E-state index in [1.807, 2.05) is 6.92 Å². The lowest BCUT2D eigenvalue weighted by Crippen LogP contribution is -2.34. The molecule has 1 saturated heterocycles. The molecular formula is C12H15F2NO. The number of halogens is 2. The van der Waals surface area contributed by atoms with E-state index in [-0.39, 0.29) is 5.56 Å². The van der Waals surface area contributed by atoms with Crippen LogP contribution in [0.4, 0.5) is 8.78 Å². The number of hydrogen-bond acceptors (Lipinski definition) is 2. The molecule has 0 amide bonds. The van der Waals surface area contributed by atoms with Crippen molar-refractivity contribution >= 4 is 0 Å². The average molecular weight is 227 g/mol. The van der Waals surface area contributed by atoms with E-state index >= 15 is 0 Å². The quantitative estimate of drug-likeness (QED) is 0.836. The van der Waals surface area contributed by atoms with E-state index in [1.165, 1.54) is 12.1 Å². The molecule has 4 heteroatoms. The van der Waals surface area contributed by atoms with Crippen LogP contribution in [0.5, 0.6) is 0 Å². The zero-order valence-electron chi connectivity index (χ0n) is 9.22. The Kier molecular flexibility index (Phi) is 3.51. The fraction of sp³-hybridized carbons (Fsp3) is 0.500. The Morgan fingerprint density at radius 3 is 2.88 bits per heavy atom. The van der Waals surface area contributed by atoms with Gasteiger partial charge in [0.2, 0.25) is 0 Å². The van der Waals surface area contributed by atoms with Gasteiger partial charge in [-0.1, -0.05) is 13.0 Å². The predicted molar refractivity (Wildman–Crippen MR) is 57.3 cm³/mol. The van der Waals surface area contributed by atoms with Crippen molar-refractivity contribution in [2.45, 2.75) is 19.4 Å². The summed E-state index contributed by atoms with van der Waals surface area (Å²) in [5, 5.41) is 3.07. The highest BCUT2D eigenvalue weighted by Gasteiger charge is 2.24. The van der Waals surface area contributed by atoms with Crippen LogP contribution in [0.1, 0.15) is 24.2 Å². The van der Waals surface area contributed by atoms with Crippen LogP contribution in [0.3, 0.4) is 0 Å². The monoisotopic (exact) mass is 227 g/mol. The molecule has 2 nitrogen and oxygen atoms in total. The Labute approximate surface area is 93.6 Å². The van der Waals surface area contributed by atoms with Crippen molar-refractivity contribution in [1.29, 1.82) is 0 Å². The zero-order valence-corrected chi connectivity index (χ0v) is 9.22. The number of nitrogens with one attached hydrogen (secondary N) is 1. The van der Waals surface area contributed by atoms with E-state index in [4.69, 9.17) is 4.74 Å². The number of morpholine rings is 1. The van der Waals surface area contributed by atoms with Crippen molar-refractivity contribution in [3.63, 3.8) is 0 Å². The van der Waals surface area contributed by atoms with Gasteiger partial charge in [-0.25, -0.2) is 8.78 Å². The Balaban J connectivity index is 2.37. The molecule has 1 N–H and O–H groups in total. The third kappa shape index (κ3) is 2.08. The number of rotatable bonds is 2. The summed E-state index contributed by atoms with van der Waals surface area (Å²) in [6, 6.07) is 2.81. The van der Waals surface area contributed by atoms with Crippen molar-refractivity contribution in [3.8, 4) is 0 Å². The topological polar surface area (TPSA) is 21.3 Å². The van der Waals surface area contributed by atoms with Gasteiger partial charge in [-0.3, -0.25) is 0 Å². The van der Waals surface area contributed by atoms with E-state index in [9.17, 15) is 8.78 Å². The lowest BCUT2D eigenvalue weighted by molar-refractivity contribution is 0.0231. The second kappa shape index (κ2) is 4.89. The molecule has 0 radical (unpaired) electrons. The molecule has 0 bridgehead atoms. The van der Waals surface area contributed by atoms with E-state index in [2.05, 4.69) is 5.32 Å². The Morgan fingerprint density at radius 1 is 1.44 bits per heavy atom. The third-order valence-corrected chi connectivity index (χ3v) is 2.84. The van der Waals surface area contributed by atoms with Gasteiger partial charge in [-0.2, -0.15) is 0 Å². The summed E-state index contributed by atoms with van der Waals surface area (Å²) in [7, 11) is 0. The molecule has 0 saturated carbocycles. The van der Waals surface area contributed by atoms with Crippen LogP contribution in [0.25, 0.3) is 0 Å². The van der Waals surface area contributed by atoms with Crippen LogP contribution in [0.15, 0.2) is 12.1 Å². The molecule has 1 aliphatic rings. The van der Waals surface area contributed by atoms with Crippen molar-refractivity contribution in [2.75, 3.05) is 19.7 Å². The molecule has 1 aromatic rings. The summed E-state index contributed by atoms with van der Waals surface area (Å²) >= 11 is 0. The lowest BCUT2D eigenvalue weighted by Gasteiger charge is -2.25. The van der Waals surface area contributed by atoms with Gasteiger partial charge in [-0.05, 0) is 18.1 Å². The molecule has 0 spiro atoms. The summed E-state index contributed by atoms with van der Waals surface area (Å²) in [6.45, 7) is 3.52. The molecule has 2 rings (SSSR count). The second-order valence-electron chi connectivity index (χ2n) is 3.85. The second-order valence-corrected chi connectivity index (χ2v) is 3.85. The SMILES string of the molecule is CCc1ccc(F)c(C2CNCCO2)c1F. The summed E-state index contributed by atoms with van der Waals surface area (Å²) in [5.41, 5.74) is 0.595. The highest BCUT2D eigenvalue weighted by Crippen LogP contribution is 2.27. The van der Waals surface area contributed by atoms with Gasteiger partial charge in [0.15, 0.2) is 0 Å². The molecule has 1 fully saturated rings. The lowest BCUT2D eigenvalue weighted by atomic mass is 10.0. The van der Waals surface area contributed by atoms with E-state index in [0.29, 0.717) is 25.1 Å². The Bertz CT molecular complexity index is 376. The summed E-state index contributed by atoms with van der Waals surface area (Å²) in [4.78, 5) is 0. The van der Waals surface area contributed by atoms with Crippen LogP contribution < -0.4 is 5.32 Å². The molecule has 0 aliphatic carbocycles. The normalized spacial score (nSPS) is 21.1. The van der Waals surface area contributed by atoms with Crippen molar-refractivity contribution in [3.05, 3.63) is 34.9 Å². The van der Waals surface area contributed by atoms with Gasteiger partial charge in [-0.15, -0.1) is 0 Å². The van der Waals surface area contributed by atoms with Crippen molar-refractivity contribution < 1.29 is 13.5 Å². The van der Waals surface area contributed by atoms with Crippen LogP contribution in [-0.2, 0) is 11.2 Å². The van der Waals surface area contributed by atoms with Crippen LogP contribution in [-0.4, -0.2) is 19.7 Å². The van der Waals surface area contributed by atoms with Crippen molar-refractivity contribution in [1.82, 2.24) is 5.32 Å². The maximum absolute atomic E-state index is 14.0. The molecule has 1 aromatic carbocycles. The van der Waals surface area contributed by atoms with Crippen LogP contribution in [0.2, 0.25) is 0 Å². The van der Waals surface area contributed by atoms with E-state index < -0.39 is 17.7 Å². The fourth-order valence-electron chi connectivity index (χ4n) is 1.93. The minimum Gasteiger partial charge on any atom is -0.371 e. The molecule has 88 valence electrons. The minimum atomic E-state index is -0.525. The third-order valence-electron chi connectivity index (χ3n) is 2.84. The zero-order chi connectivity index (χ0) is 11.5. The minimum absolute atomic E-state index is 0.0616. The van der Waals surface area contributed by atoms with Gasteiger partial charge in [0.1, 0.15) is 17.7 Å². The summed E-state index contributed by atoms with van der Waals surface area (Å²) in [6.07, 6.45) is 0.0412. The maximum Gasteiger partial charge on any atom is 0.135 e. The smallest absolute Gasteiger partial charge is 0.135 e. The number of ether oxygens (including phenoxy) is 1. The maximum atomic E-state index is 14.0. The van der Waals surface area contributed by atoms with Crippen LogP contribution in [0, 0.1) is 11.6 Å². The largest absolute Gasteiger partial charge is 0.371 e. The first kappa shape index (κ1) is 11.5. The van der Waals surface area contributed by atoms with Gasteiger partial charge < -0.3 is 10.1 Å². The van der Waals surface area contributed by atoms with E-state index in [0.717, 1.165) is 6.54 Å². The average Bonchev–Trinajstić information content (AvgIpc) is 2.31. The van der Waals surface area contributed by atoms with E-state index in [1.54, 1.807) is 0 Å². The molecule has 16 heavy (non-hydrogen) atoms. The van der Waals surface area contributed by atoms with Crippen molar-refractivity contribution in [2.24, 2.45) is 0 Å². The number of aryl methyl sites for hydroxylation is 1. The highest BCUT2D eigenvalue weighted by molar-refractivity contribution is 5.29. The molecule has 1 heterocycles. The highest BCUT2D eigenvalue weighted by atomic mass is 19.1. The molecule has 1 aliphatic heterocycles. The molecule has 0 aromatic heterocycles. The fourth-order valence-corrected chi connectivity index (χ4v) is 1.93. The van der Waals surface area contributed by atoms with Gasteiger partial charge >= 0.3 is 0 Å². The first-order valence-electron chi connectivity index (χ1n) is 5.53. The standard InChI is InChI=1S/C12H15F2NO/c1-2-8-3-4-9(13)11(12(8)14)10-7-15-5-6-16-10/h3-4,10,15H,2,5-7H2,1H3. The van der Waals surface area contributed by atoms with Crippen LogP contribution >= 0.6 is 0 Å². The number of benzene rings is 1. The molecule has 1 atom stereocenters. The predicted octanol–water partition coefficient (Wildman–Crippen LogP) is 2.19. The molecule has 1 unspecified atom stereocenters. The summed E-state index contributed by atoms with van der Waals surface area (Å²) < 4.78 is 33.0. The Hall–Kier alpha value is -1.00. The Morgan fingerprint density at radius 2 is 2.25 bits per heavy atom. The first-order chi connectivity index (χ1) is 7.74. The van der Waals surface area contributed by atoms with Gasteiger partial charge in [0, 0.05) is 13.1 Å². The first-order valence-corrected chi connectivity index (χ1v) is 5.53. The summed E-state index contributed by atoms with van der Waals surface area (Å²) in [5.74, 6) is -0.986.